The first kappa shape index (κ1) is 13.6. The summed E-state index contributed by atoms with van der Waals surface area (Å²) >= 11 is 0. The van der Waals surface area contributed by atoms with E-state index in [2.05, 4.69) is 21.0 Å². The number of rotatable bonds is 5. The third kappa shape index (κ3) is 4.20. The molecule has 0 amide bonds. The van der Waals surface area contributed by atoms with Crippen LogP contribution in [0.5, 0.6) is 0 Å². The SMILES string of the molecule is C=C(C)C(=O)OCC(=O)OCC(=O)n1ccnc1. The van der Waals surface area contributed by atoms with Crippen molar-refractivity contribution in [3.8, 4) is 0 Å². The molecule has 18 heavy (non-hydrogen) atoms. The van der Waals surface area contributed by atoms with Gasteiger partial charge in [0.05, 0.1) is 0 Å². The molecule has 7 heteroatoms. The van der Waals surface area contributed by atoms with E-state index in [1.807, 2.05) is 0 Å². The highest BCUT2D eigenvalue weighted by Gasteiger charge is 2.11. The zero-order valence-electron chi connectivity index (χ0n) is 9.79. The molecule has 0 spiro atoms. The van der Waals surface area contributed by atoms with Gasteiger partial charge in [-0.15, -0.1) is 0 Å². The maximum absolute atomic E-state index is 11.4. The van der Waals surface area contributed by atoms with Crippen molar-refractivity contribution in [2.45, 2.75) is 6.92 Å². The van der Waals surface area contributed by atoms with Gasteiger partial charge in [0.2, 0.25) is 0 Å². The molecule has 7 nitrogen and oxygen atoms in total. The molecular weight excluding hydrogens is 240 g/mol. The second-order valence-corrected chi connectivity index (χ2v) is 3.38. The average molecular weight is 252 g/mol. The van der Waals surface area contributed by atoms with E-state index in [0.29, 0.717) is 0 Å². The van der Waals surface area contributed by atoms with Crippen molar-refractivity contribution in [3.63, 3.8) is 0 Å². The van der Waals surface area contributed by atoms with Crippen molar-refractivity contribution in [2.24, 2.45) is 0 Å². The molecule has 0 unspecified atom stereocenters. The Morgan fingerprint density at radius 1 is 1.28 bits per heavy atom. The fraction of sp³-hybridized carbons (Fsp3) is 0.273. The molecule has 0 radical (unpaired) electrons. The Balaban J connectivity index is 2.27. The predicted octanol–water partition coefficient (Wildman–Crippen LogP) is 0.186. The molecule has 0 aromatic carbocycles. The smallest absolute Gasteiger partial charge is 0.344 e. The quantitative estimate of drug-likeness (QED) is 0.549. The van der Waals surface area contributed by atoms with E-state index in [0.717, 1.165) is 0 Å². The summed E-state index contributed by atoms with van der Waals surface area (Å²) in [5.74, 6) is -1.95. The lowest BCUT2D eigenvalue weighted by molar-refractivity contribution is -0.155. The molecule has 0 aliphatic heterocycles. The first-order valence-electron chi connectivity index (χ1n) is 5.00. The normalized spacial score (nSPS) is 9.61. The molecule has 0 aliphatic rings. The summed E-state index contributed by atoms with van der Waals surface area (Å²) in [6.45, 7) is 3.81. The van der Waals surface area contributed by atoms with Crippen molar-refractivity contribution in [3.05, 3.63) is 30.9 Å². The monoisotopic (exact) mass is 252 g/mol. The van der Waals surface area contributed by atoms with Crippen LogP contribution < -0.4 is 0 Å². The lowest BCUT2D eigenvalue weighted by Crippen LogP contribution is -2.22. The van der Waals surface area contributed by atoms with E-state index < -0.39 is 31.1 Å². The van der Waals surface area contributed by atoms with Gasteiger partial charge in [0.1, 0.15) is 6.33 Å². The molecule has 0 bridgehead atoms. The van der Waals surface area contributed by atoms with E-state index >= 15 is 0 Å². The van der Waals surface area contributed by atoms with Gasteiger partial charge < -0.3 is 9.47 Å². The molecule has 1 rings (SSSR count). The number of esters is 2. The van der Waals surface area contributed by atoms with Crippen LogP contribution >= 0.6 is 0 Å². The topological polar surface area (TPSA) is 87.5 Å². The Kier molecular flexibility index (Phi) is 4.79. The lowest BCUT2D eigenvalue weighted by Gasteiger charge is -2.05. The number of aromatic nitrogens is 2. The maximum atomic E-state index is 11.4. The molecular formula is C11H12N2O5. The molecule has 1 aromatic rings. The summed E-state index contributed by atoms with van der Waals surface area (Å²) in [4.78, 5) is 37.2. The van der Waals surface area contributed by atoms with E-state index in [1.165, 1.54) is 30.2 Å². The molecule has 1 heterocycles. The van der Waals surface area contributed by atoms with Gasteiger partial charge in [0.15, 0.2) is 13.2 Å². The second-order valence-electron chi connectivity index (χ2n) is 3.38. The summed E-state index contributed by atoms with van der Waals surface area (Å²) in [6.07, 6.45) is 4.14. The van der Waals surface area contributed by atoms with Crippen molar-refractivity contribution in [1.29, 1.82) is 0 Å². The van der Waals surface area contributed by atoms with Crippen LogP contribution in [0.2, 0.25) is 0 Å². The molecule has 0 N–H and O–H groups in total. The molecule has 1 aromatic heterocycles. The van der Waals surface area contributed by atoms with Gasteiger partial charge in [-0.1, -0.05) is 6.58 Å². The molecule has 0 fully saturated rings. The maximum Gasteiger partial charge on any atom is 0.344 e. The fourth-order valence-electron chi connectivity index (χ4n) is 0.913. The van der Waals surface area contributed by atoms with Crippen molar-refractivity contribution in [1.82, 2.24) is 9.55 Å². The molecule has 0 aliphatic carbocycles. The number of ether oxygens (including phenoxy) is 2. The van der Waals surface area contributed by atoms with Gasteiger partial charge >= 0.3 is 11.9 Å². The number of hydrogen-bond donors (Lipinski definition) is 0. The van der Waals surface area contributed by atoms with Crippen molar-refractivity contribution >= 4 is 17.8 Å². The van der Waals surface area contributed by atoms with E-state index in [9.17, 15) is 14.4 Å². The highest BCUT2D eigenvalue weighted by Crippen LogP contribution is 1.93. The van der Waals surface area contributed by atoms with Crippen molar-refractivity contribution < 1.29 is 23.9 Å². The zero-order chi connectivity index (χ0) is 13.5. The van der Waals surface area contributed by atoms with Crippen LogP contribution in [0.3, 0.4) is 0 Å². The third-order valence-electron chi connectivity index (χ3n) is 1.82. The summed E-state index contributed by atoms with van der Waals surface area (Å²) in [6, 6.07) is 0. The van der Waals surface area contributed by atoms with Gasteiger partial charge in [0, 0.05) is 18.0 Å². The Morgan fingerprint density at radius 2 is 2.00 bits per heavy atom. The Labute approximate surface area is 103 Å². The Morgan fingerprint density at radius 3 is 2.56 bits per heavy atom. The van der Waals surface area contributed by atoms with Crippen LogP contribution in [-0.4, -0.2) is 40.6 Å². The molecule has 0 saturated heterocycles. The van der Waals surface area contributed by atoms with Gasteiger partial charge in [0.25, 0.3) is 5.91 Å². The van der Waals surface area contributed by atoms with Gasteiger partial charge in [-0.05, 0) is 6.92 Å². The summed E-state index contributed by atoms with van der Waals surface area (Å²) in [5.41, 5.74) is 0.178. The Bertz CT molecular complexity index is 464. The number of carbonyl (C=O) groups excluding carboxylic acids is 3. The summed E-state index contributed by atoms with van der Waals surface area (Å²) in [7, 11) is 0. The zero-order valence-corrected chi connectivity index (χ0v) is 9.79. The lowest BCUT2D eigenvalue weighted by atomic mass is 10.4. The summed E-state index contributed by atoms with van der Waals surface area (Å²) in [5, 5.41) is 0. The van der Waals surface area contributed by atoms with Gasteiger partial charge in [-0.25, -0.2) is 14.6 Å². The minimum atomic E-state index is -0.807. The first-order chi connectivity index (χ1) is 8.50. The molecule has 96 valence electrons. The van der Waals surface area contributed by atoms with Crippen LogP contribution in [0.15, 0.2) is 30.9 Å². The minimum Gasteiger partial charge on any atom is -0.453 e. The van der Waals surface area contributed by atoms with Crippen LogP contribution in [0.4, 0.5) is 0 Å². The van der Waals surface area contributed by atoms with Crippen molar-refractivity contribution in [2.75, 3.05) is 13.2 Å². The van der Waals surface area contributed by atoms with Crippen LogP contribution in [0, 0.1) is 0 Å². The Hall–Kier alpha value is -2.44. The number of imidazole rings is 1. The third-order valence-corrected chi connectivity index (χ3v) is 1.82. The second kappa shape index (κ2) is 6.33. The molecule has 0 saturated carbocycles. The van der Waals surface area contributed by atoms with Crippen LogP contribution in [0.25, 0.3) is 0 Å². The average Bonchev–Trinajstić information content (AvgIpc) is 2.86. The van der Waals surface area contributed by atoms with E-state index in [-0.39, 0.29) is 5.57 Å². The number of carbonyl (C=O) groups is 3. The van der Waals surface area contributed by atoms with Crippen LogP contribution in [-0.2, 0) is 19.1 Å². The fourth-order valence-corrected chi connectivity index (χ4v) is 0.913. The van der Waals surface area contributed by atoms with Crippen LogP contribution in [0.1, 0.15) is 11.7 Å². The minimum absolute atomic E-state index is 0.178. The predicted molar refractivity (Wildman–Crippen MR) is 59.6 cm³/mol. The molecule has 0 atom stereocenters. The van der Waals surface area contributed by atoms with Gasteiger partial charge in [-0.2, -0.15) is 0 Å². The number of hydrogen-bond acceptors (Lipinski definition) is 6. The van der Waals surface area contributed by atoms with E-state index in [4.69, 9.17) is 0 Å². The van der Waals surface area contributed by atoms with E-state index in [1.54, 1.807) is 0 Å². The largest absolute Gasteiger partial charge is 0.453 e. The highest BCUT2D eigenvalue weighted by atomic mass is 16.6. The first-order valence-corrected chi connectivity index (χ1v) is 5.00. The number of nitrogens with zero attached hydrogens (tertiary/aromatic N) is 2. The highest BCUT2D eigenvalue weighted by molar-refractivity contribution is 5.89. The summed E-state index contributed by atoms with van der Waals surface area (Å²) < 4.78 is 10.3. The standard InChI is InChI=1S/C11H12N2O5/c1-8(2)11(16)18-6-10(15)17-5-9(14)13-4-3-12-7-13/h3-4,7H,1,5-6H2,2H3. The van der Waals surface area contributed by atoms with Gasteiger partial charge in [-0.3, -0.25) is 9.36 Å².